The van der Waals surface area contributed by atoms with Gasteiger partial charge in [0.25, 0.3) is 0 Å². The highest BCUT2D eigenvalue weighted by Gasteiger charge is 2.46. The predicted octanol–water partition coefficient (Wildman–Crippen LogP) is 7.03. The Morgan fingerprint density at radius 3 is 2.56 bits per heavy atom. The summed E-state index contributed by atoms with van der Waals surface area (Å²) in [6.07, 6.45) is 2.07. The maximum absolute atomic E-state index is 13.5. The minimum atomic E-state index is -0.268. The Kier molecular flexibility index (Phi) is 5.52. The number of fused-ring (bicyclic) bond motifs is 1. The molecule has 1 saturated carbocycles. The fourth-order valence-electron chi connectivity index (χ4n) is 5.49. The molecule has 2 aromatic heterocycles. The van der Waals surface area contributed by atoms with Gasteiger partial charge in [-0.15, -0.1) is 0 Å². The van der Waals surface area contributed by atoms with E-state index in [4.69, 9.17) is 9.26 Å². The largest absolute Gasteiger partial charge is 0.487 e. The lowest BCUT2D eigenvalue weighted by atomic mass is 9.55. The van der Waals surface area contributed by atoms with Crippen molar-refractivity contribution in [3.63, 3.8) is 0 Å². The lowest BCUT2D eigenvalue weighted by Crippen LogP contribution is -2.41. The van der Waals surface area contributed by atoms with Crippen molar-refractivity contribution in [2.75, 3.05) is 0 Å². The van der Waals surface area contributed by atoms with Crippen LogP contribution in [0.5, 0.6) is 5.75 Å². The van der Waals surface area contributed by atoms with Crippen molar-refractivity contribution >= 4 is 10.9 Å². The topological polar surface area (TPSA) is 61.0 Å². The summed E-state index contributed by atoms with van der Waals surface area (Å²) in [7, 11) is 0. The predicted molar refractivity (Wildman–Crippen MR) is 136 cm³/mol. The highest BCUT2D eigenvalue weighted by atomic mass is 19.1. The number of ether oxygens (including phenoxy) is 1. The minimum absolute atomic E-state index is 0.144. The quantitative estimate of drug-likeness (QED) is 0.262. The fourth-order valence-corrected chi connectivity index (χ4v) is 5.49. The SMILES string of the molecule is Cc1nc(-c2ccc(OCc3ccc4cc(F)ccc4n3)cc2C2(c3ccccc3)CC(C)C2)no1. The summed E-state index contributed by atoms with van der Waals surface area (Å²) in [5.41, 5.74) is 4.77. The molecule has 5 aromatic rings. The molecule has 5 nitrogen and oxygen atoms in total. The van der Waals surface area contributed by atoms with E-state index in [0.717, 1.165) is 46.3 Å². The van der Waals surface area contributed by atoms with Gasteiger partial charge in [-0.05, 0) is 72.4 Å². The van der Waals surface area contributed by atoms with Gasteiger partial charge in [0, 0.05) is 23.3 Å². The van der Waals surface area contributed by atoms with Crippen molar-refractivity contribution in [2.45, 2.75) is 38.7 Å². The average molecular weight is 480 g/mol. The average Bonchev–Trinajstić information content (AvgIpc) is 3.31. The number of aryl methyl sites for hydroxylation is 1. The van der Waals surface area contributed by atoms with E-state index < -0.39 is 0 Å². The van der Waals surface area contributed by atoms with Gasteiger partial charge < -0.3 is 9.26 Å². The van der Waals surface area contributed by atoms with E-state index in [2.05, 4.69) is 52.4 Å². The third-order valence-corrected chi connectivity index (χ3v) is 7.09. The summed E-state index contributed by atoms with van der Waals surface area (Å²) in [6.45, 7) is 4.40. The summed E-state index contributed by atoms with van der Waals surface area (Å²) in [5, 5.41) is 4.99. The Morgan fingerprint density at radius 1 is 0.972 bits per heavy atom. The van der Waals surface area contributed by atoms with Crippen LogP contribution in [0, 0.1) is 18.7 Å². The number of halogens is 1. The first kappa shape index (κ1) is 22.4. The number of rotatable bonds is 6. The molecular weight excluding hydrogens is 453 g/mol. The standard InChI is InChI=1S/C30H26FN3O2/c1-19-16-30(17-19,22-6-4-3-5-7-22)27-15-25(11-12-26(27)29-32-20(2)36-34-29)35-18-24-10-8-21-14-23(31)9-13-28(21)33-24/h3-15,19H,16-18H2,1-2H3. The second kappa shape index (κ2) is 8.86. The van der Waals surface area contributed by atoms with Gasteiger partial charge in [0.15, 0.2) is 0 Å². The van der Waals surface area contributed by atoms with Crippen molar-refractivity contribution in [1.82, 2.24) is 15.1 Å². The summed E-state index contributed by atoms with van der Waals surface area (Å²) in [4.78, 5) is 9.16. The maximum Gasteiger partial charge on any atom is 0.223 e. The first-order chi connectivity index (χ1) is 17.5. The monoisotopic (exact) mass is 479 g/mol. The summed E-state index contributed by atoms with van der Waals surface area (Å²) >= 11 is 0. The molecule has 6 rings (SSSR count). The van der Waals surface area contributed by atoms with Crippen molar-refractivity contribution < 1.29 is 13.7 Å². The van der Waals surface area contributed by atoms with Crippen LogP contribution in [0.15, 0.2) is 83.4 Å². The van der Waals surface area contributed by atoms with E-state index in [1.165, 1.54) is 17.7 Å². The summed E-state index contributed by atoms with van der Waals surface area (Å²) in [6, 6.07) is 25.1. The van der Waals surface area contributed by atoms with Crippen LogP contribution < -0.4 is 4.74 Å². The second-order valence-electron chi connectivity index (χ2n) is 9.73. The lowest BCUT2D eigenvalue weighted by molar-refractivity contribution is 0.200. The van der Waals surface area contributed by atoms with Crippen LogP contribution in [0.2, 0.25) is 0 Å². The Hall–Kier alpha value is -4.06. The number of aromatic nitrogens is 3. The van der Waals surface area contributed by atoms with E-state index >= 15 is 0 Å². The molecule has 0 saturated heterocycles. The van der Waals surface area contributed by atoms with E-state index in [-0.39, 0.29) is 11.2 Å². The van der Waals surface area contributed by atoms with Gasteiger partial charge in [-0.25, -0.2) is 9.37 Å². The first-order valence-corrected chi connectivity index (χ1v) is 12.2. The molecule has 3 aromatic carbocycles. The molecule has 0 N–H and O–H groups in total. The van der Waals surface area contributed by atoms with Crippen molar-refractivity contribution in [2.24, 2.45) is 5.92 Å². The second-order valence-corrected chi connectivity index (χ2v) is 9.73. The zero-order valence-corrected chi connectivity index (χ0v) is 20.2. The number of hydrogen-bond donors (Lipinski definition) is 0. The molecule has 0 amide bonds. The van der Waals surface area contributed by atoms with Gasteiger partial charge in [0.2, 0.25) is 11.7 Å². The normalized spacial score (nSPS) is 19.2. The van der Waals surface area contributed by atoms with Crippen molar-refractivity contribution in [3.8, 4) is 17.1 Å². The first-order valence-electron chi connectivity index (χ1n) is 12.2. The van der Waals surface area contributed by atoms with Crippen molar-refractivity contribution in [3.05, 3.63) is 107 Å². The molecule has 0 atom stereocenters. The molecule has 1 aliphatic carbocycles. The van der Waals surface area contributed by atoms with Crippen LogP contribution >= 0.6 is 0 Å². The molecule has 1 aliphatic rings. The molecule has 6 heteroatoms. The van der Waals surface area contributed by atoms with E-state index in [1.54, 1.807) is 13.0 Å². The van der Waals surface area contributed by atoms with Crippen LogP contribution in [0.3, 0.4) is 0 Å². The van der Waals surface area contributed by atoms with Crippen LogP contribution in [0.1, 0.15) is 42.5 Å². The molecule has 0 radical (unpaired) electrons. The maximum atomic E-state index is 13.5. The highest BCUT2D eigenvalue weighted by Crippen LogP contribution is 2.54. The molecule has 1 fully saturated rings. The zero-order valence-electron chi connectivity index (χ0n) is 20.2. The molecule has 2 heterocycles. The van der Waals surface area contributed by atoms with Crippen LogP contribution in [-0.2, 0) is 12.0 Å². The highest BCUT2D eigenvalue weighted by molar-refractivity contribution is 5.78. The van der Waals surface area contributed by atoms with Gasteiger partial charge in [-0.1, -0.05) is 48.5 Å². The van der Waals surface area contributed by atoms with Gasteiger partial charge in [-0.3, -0.25) is 0 Å². The van der Waals surface area contributed by atoms with Gasteiger partial charge >= 0.3 is 0 Å². The Labute approximate surface area is 209 Å². The smallest absolute Gasteiger partial charge is 0.223 e. The zero-order chi connectivity index (χ0) is 24.7. The molecule has 180 valence electrons. The number of nitrogens with zero attached hydrogens (tertiary/aromatic N) is 3. The number of hydrogen-bond acceptors (Lipinski definition) is 5. The lowest BCUT2D eigenvalue weighted by Gasteiger charge is -2.48. The molecule has 0 unspecified atom stereocenters. The summed E-state index contributed by atoms with van der Waals surface area (Å²) in [5.74, 6) is 2.23. The van der Waals surface area contributed by atoms with Crippen LogP contribution in [0.4, 0.5) is 4.39 Å². The van der Waals surface area contributed by atoms with E-state index in [1.807, 2.05) is 30.3 Å². The van der Waals surface area contributed by atoms with Gasteiger partial charge in [0.1, 0.15) is 18.2 Å². The van der Waals surface area contributed by atoms with Crippen LogP contribution in [-0.4, -0.2) is 15.1 Å². The van der Waals surface area contributed by atoms with E-state index in [0.29, 0.717) is 24.2 Å². The number of pyridine rings is 1. The Bertz CT molecular complexity index is 1540. The Balaban J connectivity index is 1.37. The molecular formula is C30H26FN3O2. The van der Waals surface area contributed by atoms with E-state index in [9.17, 15) is 4.39 Å². The summed E-state index contributed by atoms with van der Waals surface area (Å²) < 4.78 is 25.1. The molecule has 36 heavy (non-hydrogen) atoms. The Morgan fingerprint density at radius 2 is 1.81 bits per heavy atom. The molecule has 0 bridgehead atoms. The molecule has 0 aliphatic heterocycles. The number of benzene rings is 3. The van der Waals surface area contributed by atoms with Gasteiger partial charge in [-0.2, -0.15) is 4.98 Å². The third-order valence-electron chi connectivity index (χ3n) is 7.09. The van der Waals surface area contributed by atoms with Gasteiger partial charge in [0.05, 0.1) is 11.2 Å². The third kappa shape index (κ3) is 4.02. The minimum Gasteiger partial charge on any atom is -0.487 e. The van der Waals surface area contributed by atoms with Crippen LogP contribution in [0.25, 0.3) is 22.3 Å². The molecule has 0 spiro atoms. The van der Waals surface area contributed by atoms with Crippen molar-refractivity contribution in [1.29, 1.82) is 0 Å². The fraction of sp³-hybridized carbons (Fsp3) is 0.233.